The average molecular weight is 208 g/mol. The molecule has 1 rings (SSSR count). The summed E-state index contributed by atoms with van der Waals surface area (Å²) >= 11 is -0.199. The highest BCUT2D eigenvalue weighted by molar-refractivity contribution is 14.1. The molecule has 2 nitrogen and oxygen atoms in total. The molecule has 0 amide bonds. The maximum atomic E-state index is 4.10. The Labute approximate surface area is 52.9 Å². The highest BCUT2D eigenvalue weighted by atomic mass is 127. The first-order valence-corrected chi connectivity index (χ1v) is 3.87. The van der Waals surface area contributed by atoms with E-state index in [0.29, 0.717) is 0 Å². The van der Waals surface area contributed by atoms with Gasteiger partial charge in [-0.3, -0.25) is 0 Å². The summed E-state index contributed by atoms with van der Waals surface area (Å²) in [4.78, 5) is 0. The third kappa shape index (κ3) is 1.46. The van der Waals surface area contributed by atoms with Crippen molar-refractivity contribution in [1.29, 1.82) is 0 Å². The van der Waals surface area contributed by atoms with Gasteiger partial charge in [0.1, 0.15) is 21.3 Å². The van der Waals surface area contributed by atoms with E-state index >= 15 is 0 Å². The molecule has 7 heavy (non-hydrogen) atoms. The fourth-order valence-electron chi connectivity index (χ4n) is 0.271. The second-order valence-electron chi connectivity index (χ2n) is 1.21. The maximum absolute atomic E-state index is 4.10. The molecular weight excluding hydrogens is 203 g/mol. The zero-order valence-corrected chi connectivity index (χ0v) is 6.08. The molecule has 1 heterocycles. The van der Waals surface area contributed by atoms with Gasteiger partial charge >= 0.3 is 0 Å². The molecule has 0 atom stereocenters. The van der Waals surface area contributed by atoms with E-state index in [1.807, 2.05) is 19.2 Å². The molecule has 1 aliphatic heterocycles. The van der Waals surface area contributed by atoms with Crippen LogP contribution in [0.3, 0.4) is 0 Å². The quantitative estimate of drug-likeness (QED) is 0.544. The standard InChI is InChI=1S/C4H5IN2/c1-4-2-3-6-5-7-4/h2-3H,1H3. The number of nitrogens with zero attached hydrogens (tertiary/aromatic N) is 2. The van der Waals surface area contributed by atoms with E-state index in [2.05, 4.69) is 6.35 Å². The minimum Gasteiger partial charge on any atom is -0.212 e. The Morgan fingerprint density at radius 2 is 2.57 bits per heavy atom. The van der Waals surface area contributed by atoms with Gasteiger partial charge in [0.15, 0.2) is 0 Å². The van der Waals surface area contributed by atoms with Crippen LogP contribution in [0.25, 0.3) is 0 Å². The van der Waals surface area contributed by atoms with Gasteiger partial charge in [-0.2, -0.15) is 0 Å². The molecule has 0 saturated carbocycles. The number of hydrogen-bond acceptors (Lipinski definition) is 2. The van der Waals surface area contributed by atoms with Gasteiger partial charge in [-0.25, -0.2) is 6.35 Å². The predicted molar refractivity (Wildman–Crippen MR) is 38.7 cm³/mol. The van der Waals surface area contributed by atoms with Crippen LogP contribution in [0.15, 0.2) is 18.1 Å². The van der Waals surface area contributed by atoms with Crippen LogP contribution in [0.4, 0.5) is 0 Å². The predicted octanol–water partition coefficient (Wildman–Crippen LogP) is 2.04. The van der Waals surface area contributed by atoms with E-state index in [4.69, 9.17) is 0 Å². The summed E-state index contributed by atoms with van der Waals surface area (Å²) in [7, 11) is 0. The Bertz CT molecular complexity index is 146. The van der Waals surface area contributed by atoms with Gasteiger partial charge < -0.3 is 0 Å². The van der Waals surface area contributed by atoms with Crippen molar-refractivity contribution in [2.75, 3.05) is 0 Å². The van der Waals surface area contributed by atoms with E-state index in [-0.39, 0.29) is 21.3 Å². The Balaban J connectivity index is 2.82. The van der Waals surface area contributed by atoms with Crippen molar-refractivity contribution in [1.82, 2.24) is 0 Å². The van der Waals surface area contributed by atoms with Gasteiger partial charge in [-0.1, -0.05) is 0 Å². The summed E-state index contributed by atoms with van der Waals surface area (Å²) in [6.45, 7) is 1.99. The Hall–Kier alpha value is -0.0600. The molecule has 0 spiro atoms. The topological polar surface area (TPSA) is 24.7 Å². The smallest absolute Gasteiger partial charge is 0.142 e. The lowest BCUT2D eigenvalue weighted by molar-refractivity contribution is 1.37. The molecule has 0 aliphatic carbocycles. The Morgan fingerprint density at radius 3 is 2.86 bits per heavy atom. The Morgan fingerprint density at radius 1 is 1.71 bits per heavy atom. The van der Waals surface area contributed by atoms with Crippen molar-refractivity contribution < 1.29 is 0 Å². The summed E-state index contributed by atoms with van der Waals surface area (Å²) in [6, 6.07) is 0. The normalized spacial score (nSPS) is 18.1. The van der Waals surface area contributed by atoms with Crippen molar-refractivity contribution in [3.63, 3.8) is 0 Å². The summed E-state index contributed by atoms with van der Waals surface area (Å²) < 4.78 is 8.07. The number of rotatable bonds is 0. The highest BCUT2D eigenvalue weighted by Crippen LogP contribution is 2.11. The monoisotopic (exact) mass is 208 g/mol. The van der Waals surface area contributed by atoms with Crippen molar-refractivity contribution in [2.24, 2.45) is 6.35 Å². The number of allylic oxidation sites excluding steroid dienone is 2. The lowest BCUT2D eigenvalue weighted by atomic mass is 10.5. The zero-order valence-electron chi connectivity index (χ0n) is 3.93. The van der Waals surface area contributed by atoms with Crippen molar-refractivity contribution in [3.8, 4) is 0 Å². The number of halogens is 1. The molecule has 0 radical (unpaired) electrons. The molecule has 0 saturated heterocycles. The van der Waals surface area contributed by atoms with Gasteiger partial charge in [-0.15, -0.1) is 0 Å². The van der Waals surface area contributed by atoms with Crippen LogP contribution in [-0.2, 0) is 0 Å². The molecule has 0 aromatic carbocycles. The molecule has 0 aromatic rings. The fraction of sp³-hybridized carbons (Fsp3) is 0.250. The third-order valence-corrected chi connectivity index (χ3v) is 2.13. The average Bonchev–Trinajstić information content (AvgIpc) is 1.69. The summed E-state index contributed by atoms with van der Waals surface area (Å²) in [5.74, 6) is 0. The maximum Gasteiger partial charge on any atom is 0.142 e. The van der Waals surface area contributed by atoms with E-state index in [1.165, 1.54) is 0 Å². The summed E-state index contributed by atoms with van der Waals surface area (Å²) in [6.07, 6.45) is 3.75. The largest absolute Gasteiger partial charge is 0.212 e. The second kappa shape index (κ2) is 2.30. The van der Waals surface area contributed by atoms with Gasteiger partial charge in [0.25, 0.3) is 0 Å². The SMILES string of the molecule is CC1=CC=NI=N1. The van der Waals surface area contributed by atoms with Crippen LogP contribution in [0.5, 0.6) is 0 Å². The van der Waals surface area contributed by atoms with Gasteiger partial charge in [-0.05, 0) is 13.0 Å². The van der Waals surface area contributed by atoms with Crippen LogP contribution in [-0.4, -0.2) is 6.21 Å². The molecule has 3 heteroatoms. The Kier molecular flexibility index (Phi) is 1.67. The molecular formula is C4H5IN2. The zero-order chi connectivity index (χ0) is 5.11. The molecule has 0 unspecified atom stereocenters. The molecule has 0 bridgehead atoms. The first kappa shape index (κ1) is 5.08. The van der Waals surface area contributed by atoms with E-state index in [9.17, 15) is 0 Å². The van der Waals surface area contributed by atoms with Crippen molar-refractivity contribution in [3.05, 3.63) is 11.8 Å². The summed E-state index contributed by atoms with van der Waals surface area (Å²) in [5, 5.41) is 0. The first-order valence-electron chi connectivity index (χ1n) is 1.94. The van der Waals surface area contributed by atoms with E-state index in [0.717, 1.165) is 5.70 Å². The van der Waals surface area contributed by atoms with Gasteiger partial charge in [0.05, 0.1) is 0 Å². The van der Waals surface area contributed by atoms with Crippen molar-refractivity contribution >= 4 is 27.5 Å². The summed E-state index contributed by atoms with van der Waals surface area (Å²) in [5.41, 5.74) is 1.11. The van der Waals surface area contributed by atoms with E-state index in [1.54, 1.807) is 0 Å². The van der Waals surface area contributed by atoms with Crippen LogP contribution in [0.2, 0.25) is 0 Å². The molecule has 1 aliphatic rings. The molecule has 0 fully saturated rings. The number of hydrogen-bond donors (Lipinski definition) is 0. The molecule has 38 valence electrons. The van der Waals surface area contributed by atoms with Gasteiger partial charge in [0.2, 0.25) is 0 Å². The lowest BCUT2D eigenvalue weighted by Gasteiger charge is -1.87. The lowest BCUT2D eigenvalue weighted by Crippen LogP contribution is -1.69. The van der Waals surface area contributed by atoms with Crippen LogP contribution in [0, 0.1) is 0 Å². The molecule has 0 N–H and O–H groups in total. The van der Waals surface area contributed by atoms with Gasteiger partial charge in [0, 0.05) is 11.9 Å². The van der Waals surface area contributed by atoms with Crippen LogP contribution < -0.4 is 0 Å². The highest BCUT2D eigenvalue weighted by Gasteiger charge is 1.81. The third-order valence-electron chi connectivity index (χ3n) is 0.587. The second-order valence-corrected chi connectivity index (χ2v) is 2.69. The van der Waals surface area contributed by atoms with Crippen LogP contribution >= 0.6 is 21.3 Å². The van der Waals surface area contributed by atoms with Crippen molar-refractivity contribution in [2.45, 2.75) is 6.92 Å². The van der Waals surface area contributed by atoms with E-state index < -0.39 is 0 Å². The minimum atomic E-state index is -0.199. The molecule has 0 aromatic heterocycles. The van der Waals surface area contributed by atoms with Crippen LogP contribution in [0.1, 0.15) is 6.92 Å². The first-order chi connectivity index (χ1) is 3.39. The fourth-order valence-corrected chi connectivity index (χ4v) is 1.20. The minimum absolute atomic E-state index is 0.199.